The van der Waals surface area contributed by atoms with Gasteiger partial charge >= 0.3 is 17.9 Å². The molecule has 0 fully saturated rings. The summed E-state index contributed by atoms with van der Waals surface area (Å²) in [6, 6.07) is 0. The van der Waals surface area contributed by atoms with Crippen molar-refractivity contribution in [1.82, 2.24) is 0 Å². The average Bonchev–Trinajstić information content (AvgIpc) is 3.27. The Morgan fingerprint density at radius 2 is 0.677 bits per heavy atom. The molecule has 0 heterocycles. The van der Waals surface area contributed by atoms with Crippen molar-refractivity contribution >= 4 is 17.9 Å². The fraction of sp³-hybridized carbons (Fsp3) is 0.768. The molecule has 6 heteroatoms. The van der Waals surface area contributed by atoms with Crippen LogP contribution in [0.5, 0.6) is 0 Å². The molecular formula is C56H98O6. The Bertz CT molecular complexity index is 1130. The van der Waals surface area contributed by atoms with Crippen molar-refractivity contribution in [2.75, 3.05) is 13.2 Å². The number of hydrogen-bond donors (Lipinski definition) is 0. The largest absolute Gasteiger partial charge is 0.462 e. The lowest BCUT2D eigenvalue weighted by Crippen LogP contribution is -2.30. The molecule has 0 saturated heterocycles. The maximum atomic E-state index is 12.8. The van der Waals surface area contributed by atoms with Crippen LogP contribution in [0.1, 0.15) is 258 Å². The van der Waals surface area contributed by atoms with Crippen LogP contribution in [0.3, 0.4) is 0 Å². The normalized spacial score (nSPS) is 12.5. The highest BCUT2D eigenvalue weighted by molar-refractivity contribution is 5.71. The Hall–Kier alpha value is -2.89. The standard InChI is InChI=1S/C56H98O6/c1-4-7-10-13-16-19-22-25-27-29-31-34-37-40-43-46-49-55(58)61-52-53(51-60-54(57)48-45-42-39-36-33-24-21-18-15-12-9-6-3)62-56(59)50-47-44-41-38-35-32-30-28-26-23-20-17-14-11-8-5-2/h9,12,18,21,27-31,34,53H,4-8,10-11,13-17,19-20,22-26,32-33,35-52H2,1-3H3/b12-9-,21-18-,29-27-,30-28-,34-31-. The zero-order chi connectivity index (χ0) is 45.1. The van der Waals surface area contributed by atoms with Gasteiger partial charge in [-0.25, -0.2) is 0 Å². The zero-order valence-corrected chi connectivity index (χ0v) is 40.9. The van der Waals surface area contributed by atoms with Crippen LogP contribution >= 0.6 is 0 Å². The van der Waals surface area contributed by atoms with Crippen molar-refractivity contribution in [2.45, 2.75) is 264 Å². The molecule has 0 rings (SSSR count). The molecule has 0 radical (unpaired) electrons. The quantitative estimate of drug-likeness (QED) is 0.0199. The third-order valence-electron chi connectivity index (χ3n) is 11.3. The van der Waals surface area contributed by atoms with Crippen molar-refractivity contribution in [3.05, 3.63) is 60.8 Å². The van der Waals surface area contributed by atoms with E-state index in [1.54, 1.807) is 0 Å². The van der Waals surface area contributed by atoms with Crippen molar-refractivity contribution < 1.29 is 28.6 Å². The minimum absolute atomic E-state index is 0.0933. The van der Waals surface area contributed by atoms with Crippen molar-refractivity contribution in [1.29, 1.82) is 0 Å². The number of unbranched alkanes of at least 4 members (excludes halogenated alkanes) is 27. The lowest BCUT2D eigenvalue weighted by molar-refractivity contribution is -0.167. The summed E-state index contributed by atoms with van der Waals surface area (Å²) in [4.78, 5) is 38.0. The highest BCUT2D eigenvalue weighted by Gasteiger charge is 2.19. The van der Waals surface area contributed by atoms with E-state index in [1.807, 2.05) is 0 Å². The molecule has 0 aliphatic carbocycles. The SMILES string of the molecule is CC/C=C\C/C=C\CCCCCCCC(=O)OCC(COC(=O)CCCCC/C=C\C=C/CCCCCCCCC)OC(=O)CCCCCCC/C=C\CCCCCCCCC. The molecule has 0 aromatic rings. The molecule has 0 aliphatic rings. The van der Waals surface area contributed by atoms with Crippen molar-refractivity contribution in [2.24, 2.45) is 0 Å². The Labute approximate surface area is 383 Å². The Balaban J connectivity index is 4.43. The predicted molar refractivity (Wildman–Crippen MR) is 265 cm³/mol. The lowest BCUT2D eigenvalue weighted by atomic mass is 10.1. The van der Waals surface area contributed by atoms with Crippen LogP contribution in [-0.2, 0) is 28.6 Å². The average molecular weight is 867 g/mol. The van der Waals surface area contributed by atoms with Crippen LogP contribution in [0.15, 0.2) is 60.8 Å². The molecule has 1 atom stereocenters. The van der Waals surface area contributed by atoms with E-state index in [0.717, 1.165) is 116 Å². The molecule has 0 N–H and O–H groups in total. The minimum atomic E-state index is -0.794. The van der Waals surface area contributed by atoms with E-state index < -0.39 is 6.10 Å². The summed E-state index contributed by atoms with van der Waals surface area (Å²) >= 11 is 0. The lowest BCUT2D eigenvalue weighted by Gasteiger charge is -2.18. The van der Waals surface area contributed by atoms with Gasteiger partial charge in [-0.1, -0.05) is 204 Å². The van der Waals surface area contributed by atoms with Gasteiger partial charge in [0.25, 0.3) is 0 Å². The molecule has 0 aromatic carbocycles. The molecule has 358 valence electrons. The van der Waals surface area contributed by atoms with Crippen LogP contribution in [0.2, 0.25) is 0 Å². The van der Waals surface area contributed by atoms with E-state index in [4.69, 9.17) is 14.2 Å². The van der Waals surface area contributed by atoms with Gasteiger partial charge < -0.3 is 14.2 Å². The molecule has 0 bridgehead atoms. The first-order valence-corrected chi connectivity index (χ1v) is 26.3. The molecule has 0 aromatic heterocycles. The van der Waals surface area contributed by atoms with Gasteiger partial charge in [0, 0.05) is 19.3 Å². The topological polar surface area (TPSA) is 78.9 Å². The number of carbonyl (C=O) groups is 3. The number of ether oxygens (including phenoxy) is 3. The third-order valence-corrected chi connectivity index (χ3v) is 11.3. The first kappa shape index (κ1) is 59.1. The highest BCUT2D eigenvalue weighted by Crippen LogP contribution is 2.14. The maximum Gasteiger partial charge on any atom is 0.306 e. The summed E-state index contributed by atoms with van der Waals surface area (Å²) < 4.78 is 16.8. The first-order chi connectivity index (χ1) is 30.5. The molecule has 0 spiro atoms. The van der Waals surface area contributed by atoms with E-state index in [9.17, 15) is 14.4 Å². The molecule has 62 heavy (non-hydrogen) atoms. The molecule has 0 amide bonds. The summed E-state index contributed by atoms with van der Waals surface area (Å²) in [6.07, 6.45) is 62.1. The van der Waals surface area contributed by atoms with Crippen LogP contribution in [0, 0.1) is 0 Å². The highest BCUT2D eigenvalue weighted by atomic mass is 16.6. The van der Waals surface area contributed by atoms with Gasteiger partial charge in [-0.15, -0.1) is 0 Å². The Morgan fingerprint density at radius 1 is 0.355 bits per heavy atom. The van der Waals surface area contributed by atoms with Crippen LogP contribution in [0.4, 0.5) is 0 Å². The summed E-state index contributed by atoms with van der Waals surface area (Å²) in [7, 11) is 0. The Morgan fingerprint density at radius 3 is 1.10 bits per heavy atom. The second kappa shape index (κ2) is 50.8. The fourth-order valence-corrected chi connectivity index (χ4v) is 7.29. The number of hydrogen-bond acceptors (Lipinski definition) is 6. The predicted octanol–water partition coefficient (Wildman–Crippen LogP) is 17.3. The summed E-state index contributed by atoms with van der Waals surface area (Å²) in [5.74, 6) is -0.938. The van der Waals surface area contributed by atoms with Crippen molar-refractivity contribution in [3.8, 4) is 0 Å². The van der Waals surface area contributed by atoms with E-state index in [2.05, 4.69) is 81.5 Å². The van der Waals surface area contributed by atoms with Crippen LogP contribution in [0.25, 0.3) is 0 Å². The fourth-order valence-electron chi connectivity index (χ4n) is 7.29. The first-order valence-electron chi connectivity index (χ1n) is 26.3. The van der Waals surface area contributed by atoms with Gasteiger partial charge in [0.05, 0.1) is 0 Å². The van der Waals surface area contributed by atoms with Crippen LogP contribution < -0.4 is 0 Å². The zero-order valence-electron chi connectivity index (χ0n) is 40.9. The van der Waals surface area contributed by atoms with E-state index in [0.29, 0.717) is 19.3 Å². The van der Waals surface area contributed by atoms with Gasteiger partial charge in [0.2, 0.25) is 0 Å². The van der Waals surface area contributed by atoms with Gasteiger partial charge in [0.15, 0.2) is 6.10 Å². The van der Waals surface area contributed by atoms with E-state index in [-0.39, 0.29) is 31.1 Å². The van der Waals surface area contributed by atoms with Gasteiger partial charge in [-0.05, 0) is 96.3 Å². The monoisotopic (exact) mass is 867 g/mol. The second-order valence-corrected chi connectivity index (χ2v) is 17.4. The molecule has 0 saturated carbocycles. The molecular weight excluding hydrogens is 769 g/mol. The smallest absolute Gasteiger partial charge is 0.306 e. The molecule has 1 unspecified atom stereocenters. The Kier molecular flexibility index (Phi) is 48.4. The minimum Gasteiger partial charge on any atom is -0.462 e. The second-order valence-electron chi connectivity index (χ2n) is 17.4. The number of carbonyl (C=O) groups excluding carboxylic acids is 3. The summed E-state index contributed by atoms with van der Waals surface area (Å²) in [5, 5.41) is 0. The van der Waals surface area contributed by atoms with Gasteiger partial charge in [-0.2, -0.15) is 0 Å². The number of rotatable bonds is 47. The number of esters is 3. The van der Waals surface area contributed by atoms with Gasteiger partial charge in [0.1, 0.15) is 13.2 Å². The van der Waals surface area contributed by atoms with Crippen molar-refractivity contribution in [3.63, 3.8) is 0 Å². The van der Waals surface area contributed by atoms with Crippen LogP contribution in [-0.4, -0.2) is 37.2 Å². The maximum absolute atomic E-state index is 12.8. The van der Waals surface area contributed by atoms with Gasteiger partial charge in [-0.3, -0.25) is 14.4 Å². The summed E-state index contributed by atoms with van der Waals surface area (Å²) in [5.41, 5.74) is 0. The number of allylic oxidation sites excluding steroid dienone is 10. The molecule has 6 nitrogen and oxygen atoms in total. The van der Waals surface area contributed by atoms with E-state index >= 15 is 0 Å². The van der Waals surface area contributed by atoms with E-state index in [1.165, 1.54) is 103 Å². The third kappa shape index (κ3) is 48.1. The summed E-state index contributed by atoms with van der Waals surface area (Å²) in [6.45, 7) is 6.49. The molecule has 0 aliphatic heterocycles.